The second-order valence-electron chi connectivity index (χ2n) is 5.28. The first-order valence-corrected chi connectivity index (χ1v) is 7.33. The van der Waals surface area contributed by atoms with Crippen molar-refractivity contribution in [3.05, 3.63) is 94.1 Å². The summed E-state index contributed by atoms with van der Waals surface area (Å²) in [6.07, 6.45) is 0. The average molecular weight is 296 g/mol. The fourth-order valence-electron chi connectivity index (χ4n) is 2.57. The lowest BCUT2D eigenvalue weighted by Crippen LogP contribution is -2.01. The summed E-state index contributed by atoms with van der Waals surface area (Å²) in [4.78, 5) is 11.9. The zero-order chi connectivity index (χ0) is 15.6. The van der Waals surface area contributed by atoms with E-state index in [2.05, 4.69) is 11.8 Å². The van der Waals surface area contributed by atoms with E-state index in [9.17, 15) is 4.79 Å². The maximum absolute atomic E-state index is 11.9. The number of hydrogen-bond donors (Lipinski definition) is 0. The SMILES string of the molecule is O=c1cc2oc3ccccc3cc-2c(C#Cc2ccccc2)c1. The minimum Gasteiger partial charge on any atom is -0.456 e. The van der Waals surface area contributed by atoms with Crippen LogP contribution in [0.5, 0.6) is 0 Å². The van der Waals surface area contributed by atoms with E-state index in [1.54, 1.807) is 6.07 Å². The van der Waals surface area contributed by atoms with E-state index in [0.717, 1.165) is 22.1 Å². The average Bonchev–Trinajstić information content (AvgIpc) is 2.59. The molecule has 0 bridgehead atoms. The molecule has 2 heteroatoms. The molecule has 0 fully saturated rings. The molecule has 0 amide bonds. The second-order valence-corrected chi connectivity index (χ2v) is 5.28. The van der Waals surface area contributed by atoms with Crippen LogP contribution in [0.15, 0.2) is 82.0 Å². The van der Waals surface area contributed by atoms with Crippen molar-refractivity contribution in [1.82, 2.24) is 0 Å². The van der Waals surface area contributed by atoms with E-state index in [1.165, 1.54) is 6.07 Å². The van der Waals surface area contributed by atoms with Gasteiger partial charge in [0, 0.05) is 34.2 Å². The van der Waals surface area contributed by atoms with E-state index in [4.69, 9.17) is 4.42 Å². The number of hydrogen-bond acceptors (Lipinski definition) is 2. The highest BCUT2D eigenvalue weighted by Crippen LogP contribution is 2.29. The van der Waals surface area contributed by atoms with Gasteiger partial charge in [-0.1, -0.05) is 48.2 Å². The summed E-state index contributed by atoms with van der Waals surface area (Å²) < 4.78 is 5.85. The zero-order valence-electron chi connectivity index (χ0n) is 12.2. The predicted octanol–water partition coefficient (Wildman–Crippen LogP) is 4.30. The Morgan fingerprint density at radius 2 is 1.57 bits per heavy atom. The van der Waals surface area contributed by atoms with E-state index in [1.807, 2.05) is 60.7 Å². The summed E-state index contributed by atoms with van der Waals surface area (Å²) in [5, 5.41) is 0.987. The van der Waals surface area contributed by atoms with Crippen molar-refractivity contribution in [2.24, 2.45) is 0 Å². The molecule has 2 nitrogen and oxygen atoms in total. The molecular weight excluding hydrogens is 284 g/mol. The van der Waals surface area contributed by atoms with Crippen molar-refractivity contribution in [2.75, 3.05) is 0 Å². The Labute approximate surface area is 133 Å². The van der Waals surface area contributed by atoms with E-state index in [0.29, 0.717) is 11.3 Å². The lowest BCUT2D eigenvalue weighted by Gasteiger charge is -2.08. The molecule has 108 valence electrons. The molecule has 1 aliphatic carbocycles. The van der Waals surface area contributed by atoms with Crippen LogP contribution in [0, 0.1) is 11.8 Å². The summed E-state index contributed by atoms with van der Waals surface area (Å²) in [7, 11) is 0. The molecule has 0 spiro atoms. The van der Waals surface area contributed by atoms with Crippen molar-refractivity contribution in [1.29, 1.82) is 0 Å². The molecule has 0 atom stereocenters. The Bertz CT molecular complexity index is 1080. The van der Waals surface area contributed by atoms with Crippen LogP contribution in [0.4, 0.5) is 0 Å². The molecule has 0 aromatic heterocycles. The standard InChI is InChI=1S/C21H12O2/c22-18-12-16(11-10-15-6-2-1-3-7-15)19-13-17-8-4-5-9-20(17)23-21(19)14-18/h1-9,12-14H. The smallest absolute Gasteiger partial charge is 0.183 e. The van der Waals surface area contributed by atoms with E-state index >= 15 is 0 Å². The van der Waals surface area contributed by atoms with Gasteiger partial charge in [-0.15, -0.1) is 0 Å². The summed E-state index contributed by atoms with van der Waals surface area (Å²) in [6.45, 7) is 0. The predicted molar refractivity (Wildman–Crippen MR) is 91.5 cm³/mol. The van der Waals surface area contributed by atoms with Gasteiger partial charge in [0.15, 0.2) is 5.43 Å². The Balaban J connectivity index is 1.95. The molecule has 4 rings (SSSR count). The van der Waals surface area contributed by atoms with Crippen LogP contribution in [-0.2, 0) is 0 Å². The van der Waals surface area contributed by atoms with Gasteiger partial charge in [0.25, 0.3) is 0 Å². The van der Waals surface area contributed by atoms with Gasteiger partial charge in [-0.3, -0.25) is 4.79 Å². The molecule has 0 unspecified atom stereocenters. The minimum atomic E-state index is -0.103. The maximum Gasteiger partial charge on any atom is 0.183 e. The van der Waals surface area contributed by atoms with Crippen LogP contribution in [0.1, 0.15) is 11.1 Å². The van der Waals surface area contributed by atoms with Crippen LogP contribution < -0.4 is 5.43 Å². The first kappa shape index (κ1) is 13.4. The number of fused-ring (bicyclic) bond motifs is 2. The van der Waals surface area contributed by atoms with Crippen LogP contribution in [-0.4, -0.2) is 0 Å². The topological polar surface area (TPSA) is 30.2 Å². The Kier molecular flexibility index (Phi) is 3.18. The molecule has 2 aliphatic rings. The van der Waals surface area contributed by atoms with Crippen molar-refractivity contribution in [2.45, 2.75) is 0 Å². The second kappa shape index (κ2) is 5.47. The van der Waals surface area contributed by atoms with Gasteiger partial charge >= 0.3 is 0 Å². The Morgan fingerprint density at radius 1 is 0.783 bits per heavy atom. The quantitative estimate of drug-likeness (QED) is 0.358. The van der Waals surface area contributed by atoms with Crippen molar-refractivity contribution in [3.8, 4) is 23.2 Å². The highest BCUT2D eigenvalue weighted by molar-refractivity contribution is 5.84. The van der Waals surface area contributed by atoms with Gasteiger partial charge < -0.3 is 4.42 Å². The minimum absolute atomic E-state index is 0.103. The van der Waals surface area contributed by atoms with Gasteiger partial charge in [-0.05, 0) is 24.3 Å². The molecule has 0 N–H and O–H groups in total. The fraction of sp³-hybridized carbons (Fsp3) is 0. The van der Waals surface area contributed by atoms with Crippen molar-refractivity contribution >= 4 is 11.0 Å². The maximum atomic E-state index is 11.9. The monoisotopic (exact) mass is 296 g/mol. The van der Waals surface area contributed by atoms with Crippen LogP contribution >= 0.6 is 0 Å². The third-order valence-corrected chi connectivity index (χ3v) is 3.67. The van der Waals surface area contributed by atoms with Gasteiger partial charge in [0.2, 0.25) is 0 Å². The van der Waals surface area contributed by atoms with Crippen LogP contribution in [0.2, 0.25) is 0 Å². The van der Waals surface area contributed by atoms with Gasteiger partial charge in [-0.25, -0.2) is 0 Å². The molecule has 0 saturated heterocycles. The van der Waals surface area contributed by atoms with E-state index < -0.39 is 0 Å². The lowest BCUT2D eigenvalue weighted by atomic mass is 10.0. The highest BCUT2D eigenvalue weighted by atomic mass is 16.3. The molecule has 0 saturated carbocycles. The largest absolute Gasteiger partial charge is 0.456 e. The molecule has 1 heterocycles. The summed E-state index contributed by atoms with van der Waals surface area (Å²) in [5.74, 6) is 6.76. The molecule has 23 heavy (non-hydrogen) atoms. The molecule has 2 aromatic rings. The molecule has 0 radical (unpaired) electrons. The summed E-state index contributed by atoms with van der Waals surface area (Å²) in [6, 6.07) is 22.5. The fourth-order valence-corrected chi connectivity index (χ4v) is 2.57. The number of benzene rings is 3. The molecule has 2 aromatic carbocycles. The van der Waals surface area contributed by atoms with Gasteiger partial charge in [0.1, 0.15) is 11.3 Å². The zero-order valence-corrected chi connectivity index (χ0v) is 12.2. The van der Waals surface area contributed by atoms with Gasteiger partial charge in [0.05, 0.1) is 0 Å². The lowest BCUT2D eigenvalue weighted by molar-refractivity contribution is 0.618. The molecular formula is C21H12O2. The number of para-hydroxylation sites is 1. The van der Waals surface area contributed by atoms with Gasteiger partial charge in [-0.2, -0.15) is 0 Å². The van der Waals surface area contributed by atoms with Crippen molar-refractivity contribution in [3.63, 3.8) is 0 Å². The van der Waals surface area contributed by atoms with Crippen LogP contribution in [0.25, 0.3) is 22.3 Å². The summed E-state index contributed by atoms with van der Waals surface area (Å²) >= 11 is 0. The normalized spacial score (nSPS) is 10.4. The Morgan fingerprint density at radius 3 is 2.43 bits per heavy atom. The van der Waals surface area contributed by atoms with Crippen LogP contribution in [0.3, 0.4) is 0 Å². The Hall–Kier alpha value is -3.31. The number of rotatable bonds is 0. The summed E-state index contributed by atoms with van der Waals surface area (Å²) in [5.41, 5.74) is 3.11. The molecule has 1 aliphatic heterocycles. The highest BCUT2D eigenvalue weighted by Gasteiger charge is 2.12. The van der Waals surface area contributed by atoms with Crippen molar-refractivity contribution < 1.29 is 4.42 Å². The first-order chi connectivity index (χ1) is 11.3. The van der Waals surface area contributed by atoms with E-state index in [-0.39, 0.29) is 5.43 Å². The third kappa shape index (κ3) is 2.61. The first-order valence-electron chi connectivity index (χ1n) is 7.33. The third-order valence-electron chi connectivity index (χ3n) is 3.67.